The number of carbonyl (C=O) groups is 1. The molecule has 4 rings (SSSR count). The Kier molecular flexibility index (Phi) is 4.42. The predicted octanol–water partition coefficient (Wildman–Crippen LogP) is 2.37. The summed E-state index contributed by atoms with van der Waals surface area (Å²) in [6.45, 7) is 0.498. The normalized spacial score (nSPS) is 17.4. The maximum Gasteiger partial charge on any atom is 0.236 e. The van der Waals surface area contributed by atoms with Gasteiger partial charge in [0.25, 0.3) is 0 Å². The van der Waals surface area contributed by atoms with Gasteiger partial charge in [0.2, 0.25) is 15.9 Å². The first-order valence-corrected chi connectivity index (χ1v) is 10.7. The minimum absolute atomic E-state index is 0.0583. The Labute approximate surface area is 158 Å². The van der Waals surface area contributed by atoms with Gasteiger partial charge in [-0.2, -0.15) is 0 Å². The van der Waals surface area contributed by atoms with Crippen molar-refractivity contribution in [2.75, 3.05) is 23.1 Å². The Morgan fingerprint density at radius 2 is 1.81 bits per heavy atom. The van der Waals surface area contributed by atoms with E-state index in [0.29, 0.717) is 25.8 Å². The summed E-state index contributed by atoms with van der Waals surface area (Å²) in [5.41, 5.74) is 1.89. The molecule has 2 aromatic rings. The van der Waals surface area contributed by atoms with E-state index in [9.17, 15) is 17.6 Å². The highest BCUT2D eigenvalue weighted by Gasteiger charge is 2.51. The fraction of sp³-hybridized carbons (Fsp3) is 0.350. The summed E-state index contributed by atoms with van der Waals surface area (Å²) in [6, 6.07) is 13.4. The first-order valence-electron chi connectivity index (χ1n) is 9.05. The summed E-state index contributed by atoms with van der Waals surface area (Å²) < 4.78 is 39.9. The van der Waals surface area contributed by atoms with Crippen LogP contribution in [0.15, 0.2) is 48.5 Å². The highest BCUT2D eigenvalue weighted by atomic mass is 32.2. The Balaban J connectivity index is 1.38. The van der Waals surface area contributed by atoms with Crippen LogP contribution in [-0.2, 0) is 26.7 Å². The number of hydrogen-bond acceptors (Lipinski definition) is 3. The number of halogens is 1. The maximum absolute atomic E-state index is 13.1. The van der Waals surface area contributed by atoms with Crippen molar-refractivity contribution in [3.8, 4) is 0 Å². The molecule has 1 amide bonds. The second-order valence-corrected chi connectivity index (χ2v) is 9.12. The average Bonchev–Trinajstić information content (AvgIpc) is 3.34. The fourth-order valence-corrected chi connectivity index (χ4v) is 5.14. The highest BCUT2D eigenvalue weighted by Crippen LogP contribution is 2.48. The number of carbonyl (C=O) groups excluding carboxylic acids is 1. The van der Waals surface area contributed by atoms with Crippen molar-refractivity contribution in [3.05, 3.63) is 65.5 Å². The summed E-state index contributed by atoms with van der Waals surface area (Å²) in [6.07, 6.45) is 2.09. The van der Waals surface area contributed by atoms with E-state index in [1.54, 1.807) is 12.1 Å². The molecule has 0 radical (unpaired) electrons. The van der Waals surface area contributed by atoms with E-state index in [2.05, 4.69) is 5.32 Å². The monoisotopic (exact) mass is 388 g/mol. The van der Waals surface area contributed by atoms with Crippen LogP contribution in [0.2, 0.25) is 0 Å². The predicted molar refractivity (Wildman–Crippen MR) is 102 cm³/mol. The van der Waals surface area contributed by atoms with Crippen molar-refractivity contribution in [3.63, 3.8) is 0 Å². The molecule has 1 fully saturated rings. The molecule has 1 N–H and O–H groups in total. The van der Waals surface area contributed by atoms with Crippen LogP contribution in [0.3, 0.4) is 0 Å². The lowest BCUT2D eigenvalue weighted by Crippen LogP contribution is -2.40. The van der Waals surface area contributed by atoms with Crippen molar-refractivity contribution in [2.45, 2.75) is 24.7 Å². The van der Waals surface area contributed by atoms with Crippen molar-refractivity contribution >= 4 is 21.6 Å². The number of amides is 1. The Morgan fingerprint density at radius 1 is 1.11 bits per heavy atom. The second kappa shape index (κ2) is 6.64. The summed E-state index contributed by atoms with van der Waals surface area (Å²) >= 11 is 0. The Morgan fingerprint density at radius 3 is 2.52 bits per heavy atom. The molecule has 27 heavy (non-hydrogen) atoms. The van der Waals surface area contributed by atoms with Crippen molar-refractivity contribution in [2.24, 2.45) is 0 Å². The van der Waals surface area contributed by atoms with E-state index in [4.69, 9.17) is 0 Å². The van der Waals surface area contributed by atoms with Crippen LogP contribution < -0.4 is 9.62 Å². The minimum atomic E-state index is -3.50. The van der Waals surface area contributed by atoms with Gasteiger partial charge >= 0.3 is 0 Å². The van der Waals surface area contributed by atoms with Gasteiger partial charge in [-0.25, -0.2) is 12.8 Å². The lowest BCUT2D eigenvalue weighted by atomic mass is 9.95. The molecule has 0 bridgehead atoms. The molecule has 1 aliphatic carbocycles. The van der Waals surface area contributed by atoms with Gasteiger partial charge in [0, 0.05) is 13.1 Å². The summed E-state index contributed by atoms with van der Waals surface area (Å²) in [4.78, 5) is 12.6. The molecule has 1 aliphatic heterocycles. The molecule has 2 aromatic carbocycles. The molecule has 0 atom stereocenters. The largest absolute Gasteiger partial charge is 0.354 e. The van der Waals surface area contributed by atoms with Gasteiger partial charge in [0.05, 0.1) is 16.9 Å². The van der Waals surface area contributed by atoms with Crippen LogP contribution in [0.4, 0.5) is 10.1 Å². The number of fused-ring (bicyclic) bond motifs is 1. The zero-order valence-corrected chi connectivity index (χ0v) is 15.6. The number of anilines is 1. The van der Waals surface area contributed by atoms with Gasteiger partial charge in [-0.15, -0.1) is 0 Å². The lowest BCUT2D eigenvalue weighted by Gasteiger charge is -2.20. The van der Waals surface area contributed by atoms with Crippen LogP contribution in [0.1, 0.15) is 24.0 Å². The fourth-order valence-electron chi connectivity index (χ4n) is 3.71. The van der Waals surface area contributed by atoms with E-state index in [-0.39, 0.29) is 24.0 Å². The van der Waals surface area contributed by atoms with Crippen molar-refractivity contribution in [1.82, 2.24) is 5.32 Å². The first-order chi connectivity index (χ1) is 12.9. The number of rotatable bonds is 6. The second-order valence-electron chi connectivity index (χ2n) is 7.11. The van der Waals surface area contributed by atoms with Gasteiger partial charge in [-0.05, 0) is 48.6 Å². The topological polar surface area (TPSA) is 66.5 Å². The molecule has 1 heterocycles. The summed E-state index contributed by atoms with van der Waals surface area (Å²) in [5, 5.41) is 2.76. The zero-order valence-electron chi connectivity index (χ0n) is 14.8. The third-order valence-corrected chi connectivity index (χ3v) is 7.18. The van der Waals surface area contributed by atoms with E-state index in [1.807, 2.05) is 24.3 Å². The van der Waals surface area contributed by atoms with Gasteiger partial charge in [0.15, 0.2) is 0 Å². The zero-order chi connectivity index (χ0) is 19.1. The lowest BCUT2D eigenvalue weighted by molar-refractivity contribution is -0.123. The van der Waals surface area contributed by atoms with Gasteiger partial charge < -0.3 is 5.32 Å². The molecule has 142 valence electrons. The van der Waals surface area contributed by atoms with E-state index >= 15 is 0 Å². The molecule has 0 unspecified atom stereocenters. The molecule has 0 spiro atoms. The van der Waals surface area contributed by atoms with Crippen LogP contribution in [0, 0.1) is 5.82 Å². The number of nitrogens with zero attached hydrogens (tertiary/aromatic N) is 1. The molecule has 0 saturated heterocycles. The van der Waals surface area contributed by atoms with Gasteiger partial charge in [0.1, 0.15) is 5.82 Å². The van der Waals surface area contributed by atoms with Crippen LogP contribution in [-0.4, -0.2) is 33.2 Å². The number of para-hydroxylation sites is 1. The SMILES string of the molecule is O=C(NCCS(=O)(=O)N1CCc2ccccc21)C1(c2ccc(F)cc2)CC1. The standard InChI is InChI=1S/C20H21FN2O3S/c21-17-7-5-16(6-8-17)20(10-11-20)19(24)22-12-14-27(25,26)23-13-9-15-3-1-2-4-18(15)23/h1-8H,9-14H2,(H,22,24). The minimum Gasteiger partial charge on any atom is -0.354 e. The van der Waals surface area contributed by atoms with Gasteiger partial charge in [-0.1, -0.05) is 30.3 Å². The quantitative estimate of drug-likeness (QED) is 0.826. The van der Waals surface area contributed by atoms with E-state index < -0.39 is 15.4 Å². The number of sulfonamides is 1. The average molecular weight is 388 g/mol. The Bertz CT molecular complexity index is 969. The van der Waals surface area contributed by atoms with E-state index in [1.165, 1.54) is 16.4 Å². The summed E-state index contributed by atoms with van der Waals surface area (Å²) in [5.74, 6) is -0.676. The van der Waals surface area contributed by atoms with Crippen LogP contribution in [0.25, 0.3) is 0 Å². The van der Waals surface area contributed by atoms with Crippen molar-refractivity contribution in [1.29, 1.82) is 0 Å². The molecule has 1 saturated carbocycles. The molecule has 7 heteroatoms. The third kappa shape index (κ3) is 3.32. The number of benzene rings is 2. The summed E-state index contributed by atoms with van der Waals surface area (Å²) in [7, 11) is -3.50. The van der Waals surface area contributed by atoms with Gasteiger partial charge in [-0.3, -0.25) is 9.10 Å². The van der Waals surface area contributed by atoms with E-state index in [0.717, 1.165) is 16.8 Å². The smallest absolute Gasteiger partial charge is 0.236 e. The molecular weight excluding hydrogens is 367 g/mol. The Hall–Kier alpha value is -2.41. The maximum atomic E-state index is 13.1. The van der Waals surface area contributed by atoms with Crippen LogP contribution >= 0.6 is 0 Å². The number of hydrogen-bond donors (Lipinski definition) is 1. The van der Waals surface area contributed by atoms with Crippen LogP contribution in [0.5, 0.6) is 0 Å². The highest BCUT2D eigenvalue weighted by molar-refractivity contribution is 7.92. The third-order valence-electron chi connectivity index (χ3n) is 5.41. The number of nitrogens with one attached hydrogen (secondary N) is 1. The van der Waals surface area contributed by atoms with Crippen molar-refractivity contribution < 1.29 is 17.6 Å². The molecule has 0 aromatic heterocycles. The molecule has 2 aliphatic rings. The molecule has 5 nitrogen and oxygen atoms in total. The first kappa shape index (κ1) is 18.0. The molecular formula is C20H21FN2O3S.